The summed E-state index contributed by atoms with van der Waals surface area (Å²) in [6, 6.07) is 6.32. The van der Waals surface area contributed by atoms with Crippen molar-refractivity contribution >= 4 is 35.2 Å². The predicted molar refractivity (Wildman–Crippen MR) is 100 cm³/mol. The van der Waals surface area contributed by atoms with Gasteiger partial charge in [0.05, 0.1) is 20.1 Å². The fourth-order valence-corrected chi connectivity index (χ4v) is 4.43. The number of amides is 2. The number of benzene rings is 1. The molecule has 0 bridgehead atoms. The van der Waals surface area contributed by atoms with Crippen molar-refractivity contribution in [3.8, 4) is 0 Å². The number of methoxy groups -OCH3 is 2. The summed E-state index contributed by atoms with van der Waals surface area (Å²) in [6.07, 6.45) is 0.149. The van der Waals surface area contributed by atoms with Gasteiger partial charge in [-0.25, -0.2) is 4.79 Å². The molecule has 2 atom stereocenters. The van der Waals surface area contributed by atoms with Gasteiger partial charge in [0.1, 0.15) is 17.1 Å². The molecule has 3 N–H and O–H groups in total. The molecule has 2 heterocycles. The van der Waals surface area contributed by atoms with Crippen LogP contribution in [0.4, 0.5) is 5.69 Å². The molecule has 0 spiro atoms. The number of nitrogens with zero attached hydrogens (tertiary/aromatic N) is 1. The number of nitrogens with one attached hydrogen (secondary N) is 1. The van der Waals surface area contributed by atoms with Gasteiger partial charge in [0.15, 0.2) is 0 Å². The lowest BCUT2D eigenvalue weighted by Gasteiger charge is -2.49. The van der Waals surface area contributed by atoms with E-state index < -0.39 is 12.0 Å². The summed E-state index contributed by atoms with van der Waals surface area (Å²) >= 11 is 1.48. The first-order valence-corrected chi connectivity index (χ1v) is 9.39. The fourth-order valence-electron chi connectivity index (χ4n) is 3.10. The van der Waals surface area contributed by atoms with Crippen molar-refractivity contribution in [1.29, 1.82) is 0 Å². The molecule has 2 unspecified atom stereocenters. The van der Waals surface area contributed by atoms with Crippen LogP contribution >= 0.6 is 11.8 Å². The number of esters is 1. The number of anilines is 1. The molecule has 27 heavy (non-hydrogen) atoms. The Labute approximate surface area is 161 Å². The standard InChI is InChI=1S/C18H21N3O5S/c1-25-8-11-9-27-17-14(16(23)21(17)15(11)18(24)26-2)20-13(22)7-10-3-5-12(19)6-4-10/h3-6,14,17H,7-9,19H2,1-2H3,(H,20,22). The lowest BCUT2D eigenvalue weighted by Crippen LogP contribution is -2.70. The van der Waals surface area contributed by atoms with E-state index in [2.05, 4.69) is 5.32 Å². The van der Waals surface area contributed by atoms with E-state index in [1.807, 2.05) is 0 Å². The topological polar surface area (TPSA) is 111 Å². The second kappa shape index (κ2) is 8.01. The minimum absolute atomic E-state index is 0.149. The highest BCUT2D eigenvalue weighted by Crippen LogP contribution is 2.40. The molecular weight excluding hydrogens is 370 g/mol. The normalized spacial score (nSPS) is 21.4. The average molecular weight is 391 g/mol. The Bertz CT molecular complexity index is 793. The molecule has 3 rings (SSSR count). The van der Waals surface area contributed by atoms with Crippen LogP contribution in [-0.4, -0.2) is 60.7 Å². The number of hydrogen-bond donors (Lipinski definition) is 2. The van der Waals surface area contributed by atoms with Crippen molar-refractivity contribution in [1.82, 2.24) is 10.2 Å². The van der Waals surface area contributed by atoms with Crippen LogP contribution in [0.5, 0.6) is 0 Å². The molecule has 1 aromatic carbocycles. The van der Waals surface area contributed by atoms with E-state index in [0.717, 1.165) is 5.56 Å². The number of nitrogens with two attached hydrogens (primary N) is 1. The third kappa shape index (κ3) is 3.79. The number of rotatable bonds is 6. The molecule has 8 nitrogen and oxygen atoms in total. The van der Waals surface area contributed by atoms with E-state index >= 15 is 0 Å². The van der Waals surface area contributed by atoms with E-state index in [4.69, 9.17) is 15.2 Å². The van der Waals surface area contributed by atoms with Gasteiger partial charge in [-0.3, -0.25) is 14.5 Å². The van der Waals surface area contributed by atoms with Crippen LogP contribution in [0, 0.1) is 0 Å². The first-order valence-electron chi connectivity index (χ1n) is 8.34. The van der Waals surface area contributed by atoms with Crippen LogP contribution in [-0.2, 0) is 30.3 Å². The van der Waals surface area contributed by atoms with E-state index in [-0.39, 0.29) is 35.9 Å². The zero-order valence-corrected chi connectivity index (χ0v) is 15.9. The minimum atomic E-state index is -0.667. The second-order valence-corrected chi connectivity index (χ2v) is 7.36. The number of nitrogen functional groups attached to an aromatic ring is 1. The van der Waals surface area contributed by atoms with E-state index in [1.54, 1.807) is 24.3 Å². The Kier molecular flexibility index (Phi) is 5.71. The minimum Gasteiger partial charge on any atom is -0.464 e. The first-order chi connectivity index (χ1) is 13.0. The molecule has 1 saturated heterocycles. The van der Waals surface area contributed by atoms with Crippen molar-refractivity contribution in [3.63, 3.8) is 0 Å². The summed E-state index contributed by atoms with van der Waals surface area (Å²) in [5.41, 5.74) is 7.98. The van der Waals surface area contributed by atoms with Gasteiger partial charge in [0.2, 0.25) is 5.91 Å². The molecule has 9 heteroatoms. The fraction of sp³-hybridized carbons (Fsp3) is 0.389. The van der Waals surface area contributed by atoms with E-state index in [0.29, 0.717) is 17.0 Å². The predicted octanol–water partition coefficient (Wildman–Crippen LogP) is 0.285. The highest BCUT2D eigenvalue weighted by atomic mass is 32.2. The van der Waals surface area contributed by atoms with Gasteiger partial charge in [-0.1, -0.05) is 12.1 Å². The summed E-state index contributed by atoms with van der Waals surface area (Å²) in [5.74, 6) is -0.638. The van der Waals surface area contributed by atoms with Gasteiger partial charge >= 0.3 is 5.97 Å². The third-order valence-corrected chi connectivity index (χ3v) is 5.75. The monoisotopic (exact) mass is 391 g/mol. The van der Waals surface area contributed by atoms with Crippen molar-refractivity contribution in [2.24, 2.45) is 0 Å². The molecule has 0 saturated carbocycles. The Morgan fingerprint density at radius 3 is 2.63 bits per heavy atom. The molecule has 0 radical (unpaired) electrons. The Morgan fingerprint density at radius 2 is 2.00 bits per heavy atom. The second-order valence-electron chi connectivity index (χ2n) is 6.25. The number of ether oxygens (including phenoxy) is 2. The Morgan fingerprint density at radius 1 is 1.30 bits per heavy atom. The average Bonchev–Trinajstić information content (AvgIpc) is 2.67. The zero-order valence-electron chi connectivity index (χ0n) is 15.1. The molecule has 0 aliphatic carbocycles. The summed E-state index contributed by atoms with van der Waals surface area (Å²) in [7, 11) is 2.80. The van der Waals surface area contributed by atoms with Crippen LogP contribution in [0.1, 0.15) is 5.56 Å². The number of carbonyl (C=O) groups excluding carboxylic acids is 3. The number of fused-ring (bicyclic) bond motifs is 1. The number of hydrogen-bond acceptors (Lipinski definition) is 7. The number of β-lactam (4-membered cyclic amide) rings is 1. The quantitative estimate of drug-likeness (QED) is 0.407. The maximum atomic E-state index is 12.6. The smallest absolute Gasteiger partial charge is 0.354 e. The Balaban J connectivity index is 1.69. The molecule has 2 amide bonds. The molecular formula is C18H21N3O5S. The lowest BCUT2D eigenvalue weighted by molar-refractivity contribution is -0.151. The van der Waals surface area contributed by atoms with Crippen LogP contribution in [0.15, 0.2) is 35.5 Å². The number of thioether (sulfide) groups is 1. The molecule has 1 aromatic rings. The Hall–Kier alpha value is -2.52. The SMILES string of the molecule is COCC1=C(C(=O)OC)N2C(=O)C(NC(=O)Cc3ccc(N)cc3)C2SC1. The largest absolute Gasteiger partial charge is 0.464 e. The number of carbonyl (C=O) groups is 3. The van der Waals surface area contributed by atoms with Gasteiger partial charge < -0.3 is 20.5 Å². The zero-order chi connectivity index (χ0) is 19.6. The molecule has 0 aromatic heterocycles. The van der Waals surface area contributed by atoms with Gasteiger partial charge in [0, 0.05) is 18.6 Å². The van der Waals surface area contributed by atoms with Crippen molar-refractivity contribution in [2.75, 3.05) is 32.3 Å². The van der Waals surface area contributed by atoms with Gasteiger partial charge in [-0.05, 0) is 23.3 Å². The first kappa shape index (κ1) is 19.2. The highest BCUT2D eigenvalue weighted by Gasteiger charge is 2.54. The summed E-state index contributed by atoms with van der Waals surface area (Å²) in [6.45, 7) is 0.238. The van der Waals surface area contributed by atoms with E-state index in [1.165, 1.54) is 30.9 Å². The van der Waals surface area contributed by atoms with Crippen LogP contribution < -0.4 is 11.1 Å². The van der Waals surface area contributed by atoms with E-state index in [9.17, 15) is 14.4 Å². The van der Waals surface area contributed by atoms with Crippen molar-refractivity contribution in [2.45, 2.75) is 17.8 Å². The molecule has 2 aliphatic rings. The lowest BCUT2D eigenvalue weighted by atomic mass is 10.0. The molecule has 144 valence electrons. The third-order valence-electron chi connectivity index (χ3n) is 4.41. The summed E-state index contributed by atoms with van der Waals surface area (Å²) < 4.78 is 9.94. The maximum Gasteiger partial charge on any atom is 0.354 e. The molecule has 1 fully saturated rings. The van der Waals surface area contributed by atoms with Gasteiger partial charge in [-0.15, -0.1) is 11.8 Å². The van der Waals surface area contributed by atoms with Crippen molar-refractivity contribution in [3.05, 3.63) is 41.1 Å². The highest BCUT2D eigenvalue weighted by molar-refractivity contribution is 8.00. The summed E-state index contributed by atoms with van der Waals surface area (Å²) in [4.78, 5) is 38.5. The van der Waals surface area contributed by atoms with Gasteiger partial charge in [0.25, 0.3) is 5.91 Å². The van der Waals surface area contributed by atoms with Crippen molar-refractivity contribution < 1.29 is 23.9 Å². The maximum absolute atomic E-state index is 12.6. The van der Waals surface area contributed by atoms with Crippen LogP contribution in [0.3, 0.4) is 0 Å². The van der Waals surface area contributed by atoms with Gasteiger partial charge in [-0.2, -0.15) is 0 Å². The molecule has 2 aliphatic heterocycles. The van der Waals surface area contributed by atoms with Crippen LogP contribution in [0.25, 0.3) is 0 Å². The van der Waals surface area contributed by atoms with Crippen LogP contribution in [0.2, 0.25) is 0 Å². The summed E-state index contributed by atoms with van der Waals surface area (Å²) in [5, 5.41) is 2.43.